The Morgan fingerprint density at radius 3 is 2.29 bits per heavy atom. The summed E-state index contributed by atoms with van der Waals surface area (Å²) in [6.07, 6.45) is 0.751. The van der Waals surface area contributed by atoms with Crippen molar-refractivity contribution in [3.8, 4) is 11.4 Å². The number of ether oxygens (including phenoxy) is 1. The van der Waals surface area contributed by atoms with E-state index in [2.05, 4.69) is 22.5 Å². The molecule has 4 rings (SSSR count). The van der Waals surface area contributed by atoms with Crippen molar-refractivity contribution in [2.45, 2.75) is 20.3 Å². The van der Waals surface area contributed by atoms with Crippen LogP contribution < -0.4 is 10.1 Å². The summed E-state index contributed by atoms with van der Waals surface area (Å²) in [4.78, 5) is 12.6. The number of benzene rings is 3. The van der Waals surface area contributed by atoms with E-state index in [0.717, 1.165) is 40.5 Å². The summed E-state index contributed by atoms with van der Waals surface area (Å²) in [5.41, 5.74) is 5.55. The van der Waals surface area contributed by atoms with E-state index >= 15 is 0 Å². The molecule has 0 saturated carbocycles. The molecule has 0 aliphatic carbocycles. The van der Waals surface area contributed by atoms with Crippen molar-refractivity contribution in [1.82, 2.24) is 9.78 Å². The largest absolute Gasteiger partial charge is 0.483 e. The first-order chi connectivity index (χ1) is 15.1. The van der Waals surface area contributed by atoms with Crippen LogP contribution in [0.3, 0.4) is 0 Å². The molecule has 0 fully saturated rings. The Bertz CT molecular complexity index is 1170. The monoisotopic (exact) mass is 411 g/mol. The van der Waals surface area contributed by atoms with Gasteiger partial charge in [0.1, 0.15) is 5.75 Å². The molecule has 1 amide bonds. The van der Waals surface area contributed by atoms with Gasteiger partial charge < -0.3 is 10.1 Å². The van der Waals surface area contributed by atoms with Gasteiger partial charge in [-0.1, -0.05) is 66.7 Å². The van der Waals surface area contributed by atoms with Gasteiger partial charge in [0.25, 0.3) is 5.91 Å². The molecule has 5 nitrogen and oxygen atoms in total. The molecular weight excluding hydrogens is 386 g/mol. The lowest BCUT2D eigenvalue weighted by molar-refractivity contribution is -0.118. The van der Waals surface area contributed by atoms with Gasteiger partial charge in [-0.25, -0.2) is 4.68 Å². The SMILES string of the molecule is Cc1nn(-c2ccccc2)c(C)c1NC(=O)COc1ccccc1Cc1ccccc1. The van der Waals surface area contributed by atoms with Gasteiger partial charge in [-0.05, 0) is 43.2 Å². The number of anilines is 1. The molecular formula is C26H25N3O2. The van der Waals surface area contributed by atoms with Gasteiger partial charge in [0, 0.05) is 6.42 Å². The second-order valence-corrected chi connectivity index (χ2v) is 7.40. The summed E-state index contributed by atoms with van der Waals surface area (Å²) in [5, 5.41) is 7.53. The molecule has 1 aromatic heterocycles. The van der Waals surface area contributed by atoms with Crippen LogP contribution >= 0.6 is 0 Å². The normalized spacial score (nSPS) is 10.6. The second-order valence-electron chi connectivity index (χ2n) is 7.40. The first kappa shape index (κ1) is 20.4. The van der Waals surface area contributed by atoms with Gasteiger partial charge in [0.15, 0.2) is 6.61 Å². The number of hydrogen-bond acceptors (Lipinski definition) is 3. The highest BCUT2D eigenvalue weighted by atomic mass is 16.5. The van der Waals surface area contributed by atoms with E-state index in [0.29, 0.717) is 0 Å². The number of amides is 1. The molecule has 0 unspecified atom stereocenters. The van der Waals surface area contributed by atoms with E-state index in [1.165, 1.54) is 5.56 Å². The summed E-state index contributed by atoms with van der Waals surface area (Å²) in [5.74, 6) is 0.503. The highest BCUT2D eigenvalue weighted by Crippen LogP contribution is 2.24. The molecule has 0 bridgehead atoms. The smallest absolute Gasteiger partial charge is 0.262 e. The van der Waals surface area contributed by atoms with Crippen LogP contribution in [0.25, 0.3) is 5.69 Å². The van der Waals surface area contributed by atoms with Gasteiger partial charge in [-0.15, -0.1) is 0 Å². The van der Waals surface area contributed by atoms with E-state index in [1.54, 1.807) is 0 Å². The molecule has 156 valence electrons. The van der Waals surface area contributed by atoms with Crippen molar-refractivity contribution in [1.29, 1.82) is 0 Å². The van der Waals surface area contributed by atoms with E-state index in [1.807, 2.05) is 91.3 Å². The van der Waals surface area contributed by atoms with Crippen molar-refractivity contribution in [2.24, 2.45) is 0 Å². The second kappa shape index (κ2) is 9.30. The maximum Gasteiger partial charge on any atom is 0.262 e. The topological polar surface area (TPSA) is 56.2 Å². The summed E-state index contributed by atoms with van der Waals surface area (Å²) in [7, 11) is 0. The molecule has 4 aromatic rings. The Morgan fingerprint density at radius 2 is 1.55 bits per heavy atom. The first-order valence-electron chi connectivity index (χ1n) is 10.3. The van der Waals surface area contributed by atoms with Crippen LogP contribution in [-0.4, -0.2) is 22.3 Å². The fraction of sp³-hybridized carbons (Fsp3) is 0.154. The van der Waals surface area contributed by atoms with Gasteiger partial charge >= 0.3 is 0 Å². The Labute approximate surface area is 182 Å². The number of hydrogen-bond donors (Lipinski definition) is 1. The van der Waals surface area contributed by atoms with Gasteiger partial charge in [-0.2, -0.15) is 5.10 Å². The third-order valence-electron chi connectivity index (χ3n) is 5.13. The molecule has 0 aliphatic rings. The minimum Gasteiger partial charge on any atom is -0.483 e. The zero-order valence-corrected chi connectivity index (χ0v) is 17.7. The fourth-order valence-electron chi connectivity index (χ4n) is 3.57. The highest BCUT2D eigenvalue weighted by molar-refractivity contribution is 5.93. The number of aromatic nitrogens is 2. The van der Waals surface area contributed by atoms with Crippen LogP contribution in [0.1, 0.15) is 22.5 Å². The van der Waals surface area contributed by atoms with Crippen LogP contribution in [0.5, 0.6) is 5.75 Å². The molecule has 1 N–H and O–H groups in total. The molecule has 0 atom stereocenters. The first-order valence-corrected chi connectivity index (χ1v) is 10.3. The average Bonchev–Trinajstić information content (AvgIpc) is 3.08. The molecule has 5 heteroatoms. The number of rotatable bonds is 7. The van der Waals surface area contributed by atoms with Crippen LogP contribution in [0.4, 0.5) is 5.69 Å². The number of para-hydroxylation sites is 2. The van der Waals surface area contributed by atoms with Crippen LogP contribution in [0.15, 0.2) is 84.9 Å². The molecule has 0 radical (unpaired) electrons. The Kier molecular flexibility index (Phi) is 6.13. The van der Waals surface area contributed by atoms with Crippen LogP contribution in [0, 0.1) is 13.8 Å². The number of nitrogens with one attached hydrogen (secondary N) is 1. The number of carbonyl (C=O) groups is 1. The Hall–Kier alpha value is -3.86. The molecule has 0 aliphatic heterocycles. The van der Waals surface area contributed by atoms with Crippen LogP contribution in [0.2, 0.25) is 0 Å². The van der Waals surface area contributed by atoms with Gasteiger partial charge in [-0.3, -0.25) is 4.79 Å². The molecule has 0 spiro atoms. The zero-order valence-electron chi connectivity index (χ0n) is 17.7. The van der Waals surface area contributed by atoms with Crippen molar-refractivity contribution in [3.63, 3.8) is 0 Å². The van der Waals surface area contributed by atoms with Gasteiger partial charge in [0.05, 0.1) is 22.8 Å². The Balaban J connectivity index is 1.44. The van der Waals surface area contributed by atoms with E-state index in [9.17, 15) is 4.79 Å². The van der Waals surface area contributed by atoms with Crippen molar-refractivity contribution >= 4 is 11.6 Å². The molecule has 0 saturated heterocycles. The lowest BCUT2D eigenvalue weighted by Gasteiger charge is -2.12. The number of nitrogens with zero attached hydrogens (tertiary/aromatic N) is 2. The van der Waals surface area contributed by atoms with Gasteiger partial charge in [0.2, 0.25) is 0 Å². The van der Waals surface area contributed by atoms with Crippen LogP contribution in [-0.2, 0) is 11.2 Å². The minimum atomic E-state index is -0.215. The summed E-state index contributed by atoms with van der Waals surface area (Å²) in [6, 6.07) is 27.9. The summed E-state index contributed by atoms with van der Waals surface area (Å²) >= 11 is 0. The van der Waals surface area contributed by atoms with Crippen molar-refractivity contribution < 1.29 is 9.53 Å². The molecule has 1 heterocycles. The maximum absolute atomic E-state index is 12.6. The lowest BCUT2D eigenvalue weighted by Crippen LogP contribution is -2.21. The number of carbonyl (C=O) groups excluding carboxylic acids is 1. The van der Waals surface area contributed by atoms with Crippen molar-refractivity contribution in [2.75, 3.05) is 11.9 Å². The fourth-order valence-corrected chi connectivity index (χ4v) is 3.57. The standard InChI is InChI=1S/C26H25N3O2/c1-19-26(20(2)29(28-19)23-14-7-4-8-15-23)27-25(30)18-31-24-16-10-9-13-22(24)17-21-11-5-3-6-12-21/h3-16H,17-18H2,1-2H3,(H,27,30). The van der Waals surface area contributed by atoms with E-state index < -0.39 is 0 Å². The predicted octanol–water partition coefficient (Wildman–Crippen LogP) is 5.10. The highest BCUT2D eigenvalue weighted by Gasteiger charge is 2.16. The third kappa shape index (κ3) is 4.83. The predicted molar refractivity (Wildman–Crippen MR) is 123 cm³/mol. The lowest BCUT2D eigenvalue weighted by atomic mass is 10.0. The quantitative estimate of drug-likeness (QED) is 0.460. The zero-order chi connectivity index (χ0) is 21.6. The minimum absolute atomic E-state index is 0.0683. The summed E-state index contributed by atoms with van der Waals surface area (Å²) in [6.45, 7) is 3.76. The third-order valence-corrected chi connectivity index (χ3v) is 5.13. The number of aryl methyl sites for hydroxylation is 1. The average molecular weight is 412 g/mol. The van der Waals surface area contributed by atoms with E-state index in [4.69, 9.17) is 4.74 Å². The Morgan fingerprint density at radius 1 is 0.903 bits per heavy atom. The van der Waals surface area contributed by atoms with Crippen molar-refractivity contribution in [3.05, 3.63) is 107 Å². The molecule has 3 aromatic carbocycles. The molecule has 31 heavy (non-hydrogen) atoms. The van der Waals surface area contributed by atoms with E-state index in [-0.39, 0.29) is 12.5 Å². The summed E-state index contributed by atoms with van der Waals surface area (Å²) < 4.78 is 7.71. The maximum atomic E-state index is 12.6.